The van der Waals surface area contributed by atoms with Gasteiger partial charge < -0.3 is 0 Å². The summed E-state index contributed by atoms with van der Waals surface area (Å²) < 4.78 is 1.10. The average molecular weight is 344 g/mol. The quantitative estimate of drug-likeness (QED) is 0.621. The van der Waals surface area contributed by atoms with Crippen molar-refractivity contribution in [3.63, 3.8) is 0 Å². The second-order valence-electron chi connectivity index (χ2n) is 4.59. The first-order chi connectivity index (χ1) is 9.83. The molecule has 0 N–H and O–H groups in total. The summed E-state index contributed by atoms with van der Waals surface area (Å²) in [5.74, 6) is 0. The van der Waals surface area contributed by atoms with Gasteiger partial charge in [-0.05, 0) is 18.1 Å². The molecular formula is C17H14BrNS. The summed E-state index contributed by atoms with van der Waals surface area (Å²) in [4.78, 5) is 4.74. The van der Waals surface area contributed by atoms with Crippen molar-refractivity contribution in [2.45, 2.75) is 12.8 Å². The van der Waals surface area contributed by atoms with Crippen molar-refractivity contribution in [1.82, 2.24) is 4.98 Å². The van der Waals surface area contributed by atoms with Gasteiger partial charge >= 0.3 is 0 Å². The number of benzene rings is 2. The molecule has 1 aromatic heterocycles. The molecule has 0 aliphatic rings. The van der Waals surface area contributed by atoms with Gasteiger partial charge in [0.05, 0.1) is 10.7 Å². The lowest BCUT2D eigenvalue weighted by Crippen LogP contribution is -1.90. The van der Waals surface area contributed by atoms with E-state index in [0.29, 0.717) is 0 Å². The smallest absolute Gasteiger partial charge is 0.0935 e. The lowest BCUT2D eigenvalue weighted by Gasteiger charge is -2.00. The average Bonchev–Trinajstić information content (AvgIpc) is 2.95. The molecule has 0 atom stereocenters. The van der Waals surface area contributed by atoms with Gasteiger partial charge in [-0.15, -0.1) is 11.3 Å². The first-order valence-electron chi connectivity index (χ1n) is 6.56. The molecule has 0 radical (unpaired) electrons. The SMILES string of the molecule is Brc1ccccc1-c1csc(CCc2ccccc2)n1. The zero-order chi connectivity index (χ0) is 13.8. The van der Waals surface area contributed by atoms with Crippen LogP contribution in [0.15, 0.2) is 64.5 Å². The predicted molar refractivity (Wildman–Crippen MR) is 89.1 cm³/mol. The summed E-state index contributed by atoms with van der Waals surface area (Å²) in [5.41, 5.74) is 3.59. The van der Waals surface area contributed by atoms with Gasteiger partial charge in [0.1, 0.15) is 0 Å². The van der Waals surface area contributed by atoms with Crippen LogP contribution >= 0.6 is 27.3 Å². The van der Waals surface area contributed by atoms with Crippen LogP contribution in [-0.2, 0) is 12.8 Å². The summed E-state index contributed by atoms with van der Waals surface area (Å²) in [6, 6.07) is 18.8. The Hall–Kier alpha value is -1.45. The van der Waals surface area contributed by atoms with Crippen LogP contribution < -0.4 is 0 Å². The number of hydrogen-bond acceptors (Lipinski definition) is 2. The molecule has 3 rings (SSSR count). The number of aromatic nitrogens is 1. The minimum atomic E-state index is 0.999. The monoisotopic (exact) mass is 343 g/mol. The summed E-state index contributed by atoms with van der Waals surface area (Å²) in [5, 5.41) is 3.33. The van der Waals surface area contributed by atoms with Crippen LogP contribution in [0.25, 0.3) is 11.3 Å². The maximum Gasteiger partial charge on any atom is 0.0935 e. The van der Waals surface area contributed by atoms with E-state index in [1.807, 2.05) is 12.1 Å². The van der Waals surface area contributed by atoms with E-state index >= 15 is 0 Å². The predicted octanol–water partition coefficient (Wildman–Crippen LogP) is 5.36. The molecule has 1 nitrogen and oxygen atoms in total. The topological polar surface area (TPSA) is 12.9 Å². The summed E-state index contributed by atoms with van der Waals surface area (Å²) in [6.07, 6.45) is 2.04. The van der Waals surface area contributed by atoms with Gasteiger partial charge in [0.2, 0.25) is 0 Å². The molecule has 0 bridgehead atoms. The fourth-order valence-corrected chi connectivity index (χ4v) is 3.40. The molecular weight excluding hydrogens is 330 g/mol. The van der Waals surface area contributed by atoms with Crippen molar-refractivity contribution in [3.8, 4) is 11.3 Å². The van der Waals surface area contributed by atoms with Crippen molar-refractivity contribution in [3.05, 3.63) is 75.0 Å². The molecule has 0 saturated heterocycles. The molecule has 3 heteroatoms. The molecule has 2 aromatic carbocycles. The van der Waals surface area contributed by atoms with Gasteiger partial charge in [-0.25, -0.2) is 4.98 Å². The fourth-order valence-electron chi connectivity index (χ4n) is 2.11. The Labute approximate surface area is 131 Å². The molecule has 0 amide bonds. The Bertz CT molecular complexity index is 691. The number of thiazole rings is 1. The Balaban J connectivity index is 1.73. The Kier molecular flexibility index (Phi) is 4.28. The number of halogens is 1. The molecule has 3 aromatic rings. The maximum atomic E-state index is 4.74. The Morgan fingerprint density at radius 3 is 2.45 bits per heavy atom. The summed E-state index contributed by atoms with van der Waals surface area (Å²) in [6.45, 7) is 0. The van der Waals surface area contributed by atoms with Crippen molar-refractivity contribution in [2.75, 3.05) is 0 Å². The van der Waals surface area contributed by atoms with Crippen LogP contribution in [0.5, 0.6) is 0 Å². The second kappa shape index (κ2) is 6.33. The van der Waals surface area contributed by atoms with Gasteiger partial charge in [0, 0.05) is 21.8 Å². The highest BCUT2D eigenvalue weighted by Crippen LogP contribution is 2.29. The number of rotatable bonds is 4. The Morgan fingerprint density at radius 1 is 0.900 bits per heavy atom. The third kappa shape index (κ3) is 3.17. The molecule has 0 unspecified atom stereocenters. The minimum Gasteiger partial charge on any atom is -0.241 e. The van der Waals surface area contributed by atoms with E-state index in [0.717, 1.165) is 28.6 Å². The van der Waals surface area contributed by atoms with E-state index in [1.54, 1.807) is 11.3 Å². The zero-order valence-corrected chi connectivity index (χ0v) is 13.3. The van der Waals surface area contributed by atoms with Crippen LogP contribution in [0.4, 0.5) is 0 Å². The second-order valence-corrected chi connectivity index (χ2v) is 6.39. The first-order valence-corrected chi connectivity index (χ1v) is 8.23. The zero-order valence-electron chi connectivity index (χ0n) is 10.9. The van der Waals surface area contributed by atoms with Crippen molar-refractivity contribution >= 4 is 27.3 Å². The van der Waals surface area contributed by atoms with E-state index in [1.165, 1.54) is 10.6 Å². The van der Waals surface area contributed by atoms with Gasteiger partial charge in [0.15, 0.2) is 0 Å². The maximum absolute atomic E-state index is 4.74. The third-order valence-electron chi connectivity index (χ3n) is 3.17. The van der Waals surface area contributed by atoms with Crippen LogP contribution in [0.2, 0.25) is 0 Å². The van der Waals surface area contributed by atoms with Gasteiger partial charge in [0.25, 0.3) is 0 Å². The largest absolute Gasteiger partial charge is 0.241 e. The molecule has 100 valence electrons. The molecule has 1 heterocycles. The molecule has 0 fully saturated rings. The van der Waals surface area contributed by atoms with Gasteiger partial charge in [-0.3, -0.25) is 0 Å². The highest BCUT2D eigenvalue weighted by Gasteiger charge is 2.07. The van der Waals surface area contributed by atoms with Crippen molar-refractivity contribution in [1.29, 1.82) is 0 Å². The van der Waals surface area contributed by atoms with Crippen LogP contribution in [0, 0.1) is 0 Å². The van der Waals surface area contributed by atoms with Crippen LogP contribution in [-0.4, -0.2) is 4.98 Å². The van der Waals surface area contributed by atoms with E-state index in [4.69, 9.17) is 4.98 Å². The first kappa shape index (κ1) is 13.5. The van der Waals surface area contributed by atoms with Crippen LogP contribution in [0.3, 0.4) is 0 Å². The van der Waals surface area contributed by atoms with E-state index < -0.39 is 0 Å². The lowest BCUT2D eigenvalue weighted by atomic mass is 10.1. The highest BCUT2D eigenvalue weighted by atomic mass is 79.9. The van der Waals surface area contributed by atoms with Crippen molar-refractivity contribution in [2.24, 2.45) is 0 Å². The van der Waals surface area contributed by atoms with Crippen LogP contribution in [0.1, 0.15) is 10.6 Å². The summed E-state index contributed by atoms with van der Waals surface area (Å²) >= 11 is 5.32. The molecule has 20 heavy (non-hydrogen) atoms. The van der Waals surface area contributed by atoms with E-state index in [-0.39, 0.29) is 0 Å². The highest BCUT2D eigenvalue weighted by molar-refractivity contribution is 9.10. The molecule has 0 aliphatic carbocycles. The standard InChI is InChI=1S/C17H14BrNS/c18-15-9-5-4-8-14(15)16-12-20-17(19-16)11-10-13-6-2-1-3-7-13/h1-9,12H,10-11H2. The normalized spacial score (nSPS) is 10.7. The number of hydrogen-bond donors (Lipinski definition) is 0. The Morgan fingerprint density at radius 2 is 1.65 bits per heavy atom. The molecule has 0 aliphatic heterocycles. The third-order valence-corrected chi connectivity index (χ3v) is 4.77. The number of aryl methyl sites for hydroxylation is 2. The van der Waals surface area contributed by atoms with Gasteiger partial charge in [-0.2, -0.15) is 0 Å². The lowest BCUT2D eigenvalue weighted by molar-refractivity contribution is 0.945. The van der Waals surface area contributed by atoms with E-state index in [9.17, 15) is 0 Å². The van der Waals surface area contributed by atoms with Crippen molar-refractivity contribution < 1.29 is 0 Å². The van der Waals surface area contributed by atoms with E-state index in [2.05, 4.69) is 63.8 Å². The molecule has 0 saturated carbocycles. The minimum absolute atomic E-state index is 0.999. The molecule has 0 spiro atoms. The van der Waals surface area contributed by atoms with Gasteiger partial charge in [-0.1, -0.05) is 64.5 Å². The number of nitrogens with zero attached hydrogens (tertiary/aromatic N) is 1. The summed E-state index contributed by atoms with van der Waals surface area (Å²) in [7, 11) is 0. The fraction of sp³-hybridized carbons (Fsp3) is 0.118.